The predicted octanol–water partition coefficient (Wildman–Crippen LogP) is 4.94. The first-order valence-electron chi connectivity index (χ1n) is 6.43. The standard InChI is InChI=1S/C15H20ClFO/c1-15(2)8-4-5-11(15)14(16)10-6-7-13(18-3)12(17)9-10/h6-7,9,11,14H,4-5,8H2,1-3H3. The van der Waals surface area contributed by atoms with Crippen molar-refractivity contribution in [2.75, 3.05) is 7.11 Å². The van der Waals surface area contributed by atoms with Crippen molar-refractivity contribution in [1.82, 2.24) is 0 Å². The van der Waals surface area contributed by atoms with E-state index in [1.807, 2.05) is 6.07 Å². The molecule has 0 heterocycles. The molecule has 0 bridgehead atoms. The van der Waals surface area contributed by atoms with Crippen molar-refractivity contribution >= 4 is 11.6 Å². The van der Waals surface area contributed by atoms with Crippen LogP contribution in [0, 0.1) is 17.2 Å². The van der Waals surface area contributed by atoms with Crippen molar-refractivity contribution in [1.29, 1.82) is 0 Å². The number of rotatable bonds is 3. The van der Waals surface area contributed by atoms with Gasteiger partial charge in [0.15, 0.2) is 11.6 Å². The SMILES string of the molecule is COc1ccc(C(Cl)C2CCCC2(C)C)cc1F. The monoisotopic (exact) mass is 270 g/mol. The minimum Gasteiger partial charge on any atom is -0.494 e. The zero-order chi connectivity index (χ0) is 13.3. The Morgan fingerprint density at radius 2 is 2.17 bits per heavy atom. The second-order valence-electron chi connectivity index (χ2n) is 5.78. The van der Waals surface area contributed by atoms with Gasteiger partial charge in [0, 0.05) is 0 Å². The molecule has 0 saturated heterocycles. The van der Waals surface area contributed by atoms with E-state index in [1.165, 1.54) is 26.0 Å². The number of hydrogen-bond acceptors (Lipinski definition) is 1. The fraction of sp³-hybridized carbons (Fsp3) is 0.600. The summed E-state index contributed by atoms with van der Waals surface area (Å²) in [7, 11) is 1.47. The number of methoxy groups -OCH3 is 1. The lowest BCUT2D eigenvalue weighted by atomic mass is 9.78. The number of hydrogen-bond donors (Lipinski definition) is 0. The van der Waals surface area contributed by atoms with Gasteiger partial charge in [-0.15, -0.1) is 11.6 Å². The molecule has 18 heavy (non-hydrogen) atoms. The van der Waals surface area contributed by atoms with Gasteiger partial charge in [-0.3, -0.25) is 0 Å². The molecule has 0 spiro atoms. The molecular weight excluding hydrogens is 251 g/mol. The second-order valence-corrected chi connectivity index (χ2v) is 6.25. The fourth-order valence-electron chi connectivity index (χ4n) is 2.98. The van der Waals surface area contributed by atoms with E-state index in [4.69, 9.17) is 16.3 Å². The Bertz CT molecular complexity index is 431. The predicted molar refractivity (Wildman–Crippen MR) is 72.7 cm³/mol. The summed E-state index contributed by atoms with van der Waals surface area (Å²) in [6.45, 7) is 4.50. The molecule has 3 heteroatoms. The molecule has 100 valence electrons. The topological polar surface area (TPSA) is 9.23 Å². The molecular formula is C15H20ClFO. The van der Waals surface area contributed by atoms with E-state index >= 15 is 0 Å². The maximum atomic E-state index is 13.7. The van der Waals surface area contributed by atoms with Crippen molar-refractivity contribution in [2.24, 2.45) is 11.3 Å². The lowest BCUT2D eigenvalue weighted by Crippen LogP contribution is -2.21. The summed E-state index contributed by atoms with van der Waals surface area (Å²) in [5, 5.41) is -0.122. The molecule has 1 aromatic rings. The van der Waals surface area contributed by atoms with Gasteiger partial charge in [0.05, 0.1) is 12.5 Å². The number of alkyl halides is 1. The van der Waals surface area contributed by atoms with Gasteiger partial charge in [-0.1, -0.05) is 26.3 Å². The highest BCUT2D eigenvalue weighted by Crippen LogP contribution is 2.51. The lowest BCUT2D eigenvalue weighted by molar-refractivity contribution is 0.252. The first-order chi connectivity index (χ1) is 8.45. The van der Waals surface area contributed by atoms with Crippen LogP contribution >= 0.6 is 11.6 Å². The van der Waals surface area contributed by atoms with Crippen LogP contribution < -0.4 is 4.74 Å². The van der Waals surface area contributed by atoms with E-state index < -0.39 is 0 Å². The second kappa shape index (κ2) is 5.08. The van der Waals surface area contributed by atoms with Gasteiger partial charge in [-0.25, -0.2) is 4.39 Å². The third kappa shape index (κ3) is 2.49. The summed E-state index contributed by atoms with van der Waals surface area (Å²) in [5.41, 5.74) is 1.10. The van der Waals surface area contributed by atoms with Crippen molar-refractivity contribution < 1.29 is 9.13 Å². The summed E-state index contributed by atoms with van der Waals surface area (Å²) >= 11 is 6.56. The minimum atomic E-state index is -0.337. The summed E-state index contributed by atoms with van der Waals surface area (Å²) in [6, 6.07) is 5.03. The van der Waals surface area contributed by atoms with Crippen LogP contribution in [0.1, 0.15) is 44.1 Å². The molecule has 1 fully saturated rings. The molecule has 1 aromatic carbocycles. The van der Waals surface area contributed by atoms with E-state index in [0.717, 1.165) is 12.0 Å². The van der Waals surface area contributed by atoms with E-state index in [-0.39, 0.29) is 22.4 Å². The highest BCUT2D eigenvalue weighted by molar-refractivity contribution is 6.21. The zero-order valence-corrected chi connectivity index (χ0v) is 11.9. The Morgan fingerprint density at radius 1 is 1.44 bits per heavy atom. The number of ether oxygens (including phenoxy) is 1. The summed E-state index contributed by atoms with van der Waals surface area (Å²) in [5.74, 6) is 0.344. The van der Waals surface area contributed by atoms with Gasteiger partial charge in [-0.05, 0) is 41.9 Å². The van der Waals surface area contributed by atoms with E-state index in [1.54, 1.807) is 6.07 Å². The van der Waals surface area contributed by atoms with Crippen molar-refractivity contribution in [3.63, 3.8) is 0 Å². The molecule has 0 aliphatic heterocycles. The van der Waals surface area contributed by atoms with Crippen LogP contribution in [0.15, 0.2) is 18.2 Å². The van der Waals surface area contributed by atoms with Crippen LogP contribution in [-0.2, 0) is 0 Å². The molecule has 2 atom stereocenters. The van der Waals surface area contributed by atoms with Crippen molar-refractivity contribution in [3.05, 3.63) is 29.6 Å². The van der Waals surface area contributed by atoms with Gasteiger partial charge in [0.25, 0.3) is 0 Å². The van der Waals surface area contributed by atoms with Crippen LogP contribution in [0.2, 0.25) is 0 Å². The molecule has 0 radical (unpaired) electrons. The molecule has 2 unspecified atom stereocenters. The first kappa shape index (κ1) is 13.7. The zero-order valence-electron chi connectivity index (χ0n) is 11.2. The minimum absolute atomic E-state index is 0.122. The van der Waals surface area contributed by atoms with Crippen molar-refractivity contribution in [3.8, 4) is 5.75 Å². The van der Waals surface area contributed by atoms with E-state index in [9.17, 15) is 4.39 Å². The van der Waals surface area contributed by atoms with E-state index in [2.05, 4.69) is 13.8 Å². The molecule has 1 aliphatic carbocycles. The van der Waals surface area contributed by atoms with Gasteiger partial charge in [-0.2, -0.15) is 0 Å². The smallest absolute Gasteiger partial charge is 0.165 e. The Labute approximate surface area is 113 Å². The lowest BCUT2D eigenvalue weighted by Gasteiger charge is -2.31. The highest BCUT2D eigenvalue weighted by atomic mass is 35.5. The van der Waals surface area contributed by atoms with Crippen LogP contribution in [0.5, 0.6) is 5.75 Å². The Hall–Kier alpha value is -0.760. The van der Waals surface area contributed by atoms with Crippen LogP contribution in [-0.4, -0.2) is 7.11 Å². The van der Waals surface area contributed by atoms with Crippen LogP contribution in [0.4, 0.5) is 4.39 Å². The largest absolute Gasteiger partial charge is 0.494 e. The van der Waals surface area contributed by atoms with Crippen molar-refractivity contribution in [2.45, 2.75) is 38.5 Å². The number of halogens is 2. The van der Waals surface area contributed by atoms with Crippen LogP contribution in [0.25, 0.3) is 0 Å². The molecule has 0 N–H and O–H groups in total. The molecule has 1 aliphatic rings. The third-order valence-electron chi connectivity index (χ3n) is 4.19. The molecule has 2 rings (SSSR count). The third-order valence-corrected chi connectivity index (χ3v) is 4.74. The Morgan fingerprint density at radius 3 is 2.67 bits per heavy atom. The fourth-order valence-corrected chi connectivity index (χ4v) is 3.59. The molecule has 0 aromatic heterocycles. The highest BCUT2D eigenvalue weighted by Gasteiger charge is 2.39. The summed E-state index contributed by atoms with van der Waals surface area (Å²) in [6.07, 6.45) is 3.52. The van der Waals surface area contributed by atoms with E-state index in [0.29, 0.717) is 5.92 Å². The average Bonchev–Trinajstić information content (AvgIpc) is 2.68. The Kier molecular flexibility index (Phi) is 3.86. The van der Waals surface area contributed by atoms with Gasteiger partial charge >= 0.3 is 0 Å². The molecule has 1 nitrogen and oxygen atoms in total. The van der Waals surface area contributed by atoms with Crippen LogP contribution in [0.3, 0.4) is 0 Å². The Balaban J connectivity index is 2.23. The normalized spacial score (nSPS) is 23.9. The maximum absolute atomic E-state index is 13.7. The van der Waals surface area contributed by atoms with Gasteiger partial charge in [0.1, 0.15) is 0 Å². The van der Waals surface area contributed by atoms with Gasteiger partial charge in [0.2, 0.25) is 0 Å². The van der Waals surface area contributed by atoms with Gasteiger partial charge < -0.3 is 4.74 Å². The molecule has 0 amide bonds. The maximum Gasteiger partial charge on any atom is 0.165 e. The number of benzene rings is 1. The summed E-state index contributed by atoms with van der Waals surface area (Å²) in [4.78, 5) is 0. The molecule has 1 saturated carbocycles. The quantitative estimate of drug-likeness (QED) is 0.707. The first-order valence-corrected chi connectivity index (χ1v) is 6.87. The average molecular weight is 271 g/mol. The summed E-state index contributed by atoms with van der Waals surface area (Å²) < 4.78 is 18.6.